The maximum absolute atomic E-state index is 14.2. The van der Waals surface area contributed by atoms with Crippen LogP contribution in [0.1, 0.15) is 36.8 Å². The Labute approximate surface area is 139 Å². The van der Waals surface area contributed by atoms with Gasteiger partial charge in [0, 0.05) is 5.56 Å². The molecule has 1 nitrogen and oxygen atoms in total. The molecule has 1 aliphatic rings. The first-order chi connectivity index (χ1) is 10.7. The fraction of sp³-hybridized carbons (Fsp3) is 0.529. The lowest BCUT2D eigenvalue weighted by Gasteiger charge is -2.28. The molecule has 0 bridgehead atoms. The molecule has 122 valence electrons. The van der Waals surface area contributed by atoms with Gasteiger partial charge >= 0.3 is 0 Å². The van der Waals surface area contributed by atoms with Crippen LogP contribution in [0.4, 0.5) is 8.78 Å². The molecule has 2 rings (SSSR count). The summed E-state index contributed by atoms with van der Waals surface area (Å²) in [5.74, 6) is 1.03. The highest BCUT2D eigenvalue weighted by Gasteiger charge is 2.27. The predicted molar refractivity (Wildman–Crippen MR) is 92.7 cm³/mol. The van der Waals surface area contributed by atoms with Crippen molar-refractivity contribution in [3.05, 3.63) is 41.5 Å². The maximum atomic E-state index is 14.2. The molecule has 1 aromatic rings. The van der Waals surface area contributed by atoms with Crippen molar-refractivity contribution in [3.63, 3.8) is 0 Å². The minimum Gasteiger partial charge on any atom is -0.491 e. The van der Waals surface area contributed by atoms with Gasteiger partial charge in [-0.15, -0.1) is 23.5 Å². The smallest absolute Gasteiger partial charge is 0.200 e. The number of hydrogen-bond acceptors (Lipinski definition) is 3. The molecule has 0 atom stereocenters. The molecular weight excluding hydrogens is 322 g/mol. The first-order valence-electron chi connectivity index (χ1n) is 7.62. The summed E-state index contributed by atoms with van der Waals surface area (Å²) in [5.41, 5.74) is 0.447. The number of ether oxygens (including phenoxy) is 1. The zero-order valence-electron chi connectivity index (χ0n) is 13.0. The Morgan fingerprint density at radius 2 is 1.95 bits per heavy atom. The second-order valence-electron chi connectivity index (χ2n) is 5.22. The molecular formula is C17H22F2OS2. The molecule has 0 spiro atoms. The van der Waals surface area contributed by atoms with Crippen LogP contribution in [0.3, 0.4) is 0 Å². The minimum atomic E-state index is -0.865. The number of hydrogen-bond donors (Lipinski definition) is 0. The Balaban J connectivity index is 1.98. The van der Waals surface area contributed by atoms with E-state index < -0.39 is 11.6 Å². The summed E-state index contributed by atoms with van der Waals surface area (Å²) in [7, 11) is 0. The Morgan fingerprint density at radius 1 is 1.23 bits per heavy atom. The van der Waals surface area contributed by atoms with Crippen LogP contribution in [-0.2, 0) is 0 Å². The van der Waals surface area contributed by atoms with Crippen molar-refractivity contribution in [2.45, 2.75) is 31.3 Å². The van der Waals surface area contributed by atoms with E-state index in [1.807, 2.05) is 6.92 Å². The first-order valence-corrected chi connectivity index (χ1v) is 9.72. The van der Waals surface area contributed by atoms with Crippen molar-refractivity contribution >= 4 is 23.5 Å². The van der Waals surface area contributed by atoms with E-state index in [1.54, 1.807) is 36.5 Å². The van der Waals surface area contributed by atoms with Gasteiger partial charge in [-0.2, -0.15) is 4.39 Å². The number of allylic oxidation sites excluding steroid dienone is 2. The van der Waals surface area contributed by atoms with Gasteiger partial charge in [0.1, 0.15) is 0 Å². The van der Waals surface area contributed by atoms with E-state index in [-0.39, 0.29) is 10.3 Å². The molecule has 0 radical (unpaired) electrons. The van der Waals surface area contributed by atoms with Crippen LogP contribution in [0, 0.1) is 17.6 Å². The Hall–Kier alpha value is -0.680. The second kappa shape index (κ2) is 8.82. The molecule has 1 aliphatic heterocycles. The molecule has 0 unspecified atom stereocenters. The molecule has 0 aromatic heterocycles. The average molecular weight is 344 g/mol. The zero-order chi connectivity index (χ0) is 15.9. The topological polar surface area (TPSA) is 9.23 Å². The molecule has 0 aliphatic carbocycles. The number of halogens is 2. The van der Waals surface area contributed by atoms with E-state index >= 15 is 0 Å². The highest BCUT2D eigenvalue weighted by atomic mass is 32.2. The summed E-state index contributed by atoms with van der Waals surface area (Å²) in [6.45, 7) is 4.12. The van der Waals surface area contributed by atoms with E-state index in [4.69, 9.17) is 4.74 Å². The number of thioether (sulfide) groups is 2. The fourth-order valence-corrected chi connectivity index (χ4v) is 5.58. The van der Waals surface area contributed by atoms with Crippen molar-refractivity contribution < 1.29 is 13.5 Å². The highest BCUT2D eigenvalue weighted by Crippen LogP contribution is 2.47. The highest BCUT2D eigenvalue weighted by molar-refractivity contribution is 8.16. The fourth-order valence-electron chi connectivity index (χ4n) is 2.38. The summed E-state index contributed by atoms with van der Waals surface area (Å²) in [4.78, 5) is 0. The summed E-state index contributed by atoms with van der Waals surface area (Å²) in [6, 6.07) is 3.20. The van der Waals surface area contributed by atoms with Crippen molar-refractivity contribution in [3.8, 4) is 5.75 Å². The molecule has 0 amide bonds. The largest absolute Gasteiger partial charge is 0.491 e. The van der Waals surface area contributed by atoms with Gasteiger partial charge in [0.2, 0.25) is 5.82 Å². The van der Waals surface area contributed by atoms with E-state index in [9.17, 15) is 8.78 Å². The van der Waals surface area contributed by atoms with Gasteiger partial charge in [-0.3, -0.25) is 0 Å². The predicted octanol–water partition coefficient (Wildman–Crippen LogP) is 5.81. The van der Waals surface area contributed by atoms with E-state index in [0.717, 1.165) is 24.3 Å². The van der Waals surface area contributed by atoms with E-state index in [1.165, 1.54) is 6.07 Å². The van der Waals surface area contributed by atoms with E-state index in [0.29, 0.717) is 18.1 Å². The lowest BCUT2D eigenvalue weighted by atomic mass is 10.1. The lowest BCUT2D eigenvalue weighted by Crippen LogP contribution is -2.15. The van der Waals surface area contributed by atoms with Crippen LogP contribution in [-0.4, -0.2) is 18.1 Å². The van der Waals surface area contributed by atoms with Gasteiger partial charge in [-0.05, 0) is 50.2 Å². The number of rotatable bonds is 6. The van der Waals surface area contributed by atoms with Crippen molar-refractivity contribution in [1.82, 2.24) is 0 Å². The third-order valence-electron chi connectivity index (χ3n) is 3.57. The molecule has 22 heavy (non-hydrogen) atoms. The Bertz CT molecular complexity index is 512. The van der Waals surface area contributed by atoms with Crippen LogP contribution in [0.5, 0.6) is 5.75 Å². The third-order valence-corrected chi connectivity index (χ3v) is 6.83. The van der Waals surface area contributed by atoms with Gasteiger partial charge in [0.15, 0.2) is 11.6 Å². The van der Waals surface area contributed by atoms with Gasteiger partial charge in [-0.1, -0.05) is 18.2 Å². The van der Waals surface area contributed by atoms with Gasteiger partial charge in [-0.25, -0.2) is 4.39 Å². The quantitative estimate of drug-likeness (QED) is 0.602. The Kier molecular flexibility index (Phi) is 7.09. The first kappa shape index (κ1) is 17.7. The van der Waals surface area contributed by atoms with Crippen LogP contribution in [0.2, 0.25) is 0 Å². The van der Waals surface area contributed by atoms with Gasteiger partial charge in [0.05, 0.1) is 11.2 Å². The Morgan fingerprint density at radius 3 is 2.59 bits per heavy atom. The van der Waals surface area contributed by atoms with Gasteiger partial charge in [0.25, 0.3) is 0 Å². The molecule has 0 N–H and O–H groups in total. The van der Waals surface area contributed by atoms with E-state index in [2.05, 4.69) is 12.2 Å². The second-order valence-corrected chi connectivity index (χ2v) is 7.80. The van der Waals surface area contributed by atoms with Crippen molar-refractivity contribution in [2.75, 3.05) is 18.1 Å². The monoisotopic (exact) mass is 344 g/mol. The summed E-state index contributed by atoms with van der Waals surface area (Å²) >= 11 is 3.43. The number of benzene rings is 1. The minimum absolute atomic E-state index is 0.00112. The maximum Gasteiger partial charge on any atom is 0.200 e. The molecule has 1 fully saturated rings. The van der Waals surface area contributed by atoms with Gasteiger partial charge < -0.3 is 4.74 Å². The van der Waals surface area contributed by atoms with Crippen molar-refractivity contribution in [2.24, 2.45) is 5.92 Å². The molecule has 1 aromatic carbocycles. The summed E-state index contributed by atoms with van der Waals surface area (Å²) < 4.78 is 33.3. The van der Waals surface area contributed by atoms with Crippen molar-refractivity contribution in [1.29, 1.82) is 0 Å². The third kappa shape index (κ3) is 4.42. The summed E-state index contributed by atoms with van der Waals surface area (Å²) in [5, 5.41) is 0. The molecule has 1 heterocycles. The lowest BCUT2D eigenvalue weighted by molar-refractivity contribution is 0.313. The van der Waals surface area contributed by atoms with Crippen LogP contribution in [0.15, 0.2) is 24.3 Å². The molecule has 5 heteroatoms. The standard InChI is InChI=1S/C17H22F2OS2/c1-3-5-6-7-12-10-21-17(22-11-12)13-8-9-14(20-4-2)16(19)15(13)18/h3,5,8-9,12,17H,4,6-7,10-11H2,1-2H3/b5-3+. The van der Waals surface area contributed by atoms with Crippen LogP contribution in [0.25, 0.3) is 0 Å². The van der Waals surface area contributed by atoms with Crippen LogP contribution >= 0.6 is 23.5 Å². The van der Waals surface area contributed by atoms with Crippen LogP contribution < -0.4 is 4.74 Å². The average Bonchev–Trinajstić information content (AvgIpc) is 2.53. The SMILES string of the molecule is C/C=C/CCC1CSC(c2ccc(OCC)c(F)c2F)SC1. The zero-order valence-corrected chi connectivity index (χ0v) is 14.6. The molecule has 0 saturated carbocycles. The normalized spacial score (nSPS) is 22.2. The molecule has 1 saturated heterocycles. The summed E-state index contributed by atoms with van der Waals surface area (Å²) in [6.07, 6.45) is 6.52.